The maximum absolute atomic E-state index is 5.57. The average molecular weight is 192 g/mol. The van der Waals surface area contributed by atoms with Crippen LogP contribution >= 0.6 is 0 Å². The zero-order chi connectivity index (χ0) is 10.8. The zero-order valence-corrected chi connectivity index (χ0v) is 9.85. The molecule has 0 aliphatic rings. The van der Waals surface area contributed by atoms with E-state index in [2.05, 4.69) is 45.9 Å². The van der Waals surface area contributed by atoms with Crippen molar-refractivity contribution in [1.82, 2.24) is 0 Å². The van der Waals surface area contributed by atoms with Crippen LogP contribution in [0, 0.1) is 6.92 Å². The molecule has 0 aromatic heterocycles. The van der Waals surface area contributed by atoms with Gasteiger partial charge in [-0.3, -0.25) is 0 Å². The number of hydrogen-bond acceptors (Lipinski definition) is 1. The molecule has 0 heterocycles. The predicted octanol–water partition coefficient (Wildman–Crippen LogP) is 3.69. The minimum Gasteiger partial charge on any atom is -0.494 e. The lowest BCUT2D eigenvalue weighted by molar-refractivity contribution is 0.337. The summed E-state index contributed by atoms with van der Waals surface area (Å²) in [5.74, 6) is 1.01. The summed E-state index contributed by atoms with van der Waals surface area (Å²) in [5, 5.41) is 0. The Hall–Kier alpha value is -0.980. The van der Waals surface area contributed by atoms with Crippen molar-refractivity contribution in [2.75, 3.05) is 6.61 Å². The van der Waals surface area contributed by atoms with Gasteiger partial charge in [0, 0.05) is 0 Å². The number of rotatable bonds is 2. The SMILES string of the molecule is CCOc1cc(C(C)(C)C)ccc1C. The molecular formula is C13H20O. The smallest absolute Gasteiger partial charge is 0.122 e. The van der Waals surface area contributed by atoms with Crippen molar-refractivity contribution in [3.8, 4) is 5.75 Å². The first-order chi connectivity index (χ1) is 6.45. The number of aryl methyl sites for hydroxylation is 1. The van der Waals surface area contributed by atoms with E-state index in [4.69, 9.17) is 4.74 Å². The van der Waals surface area contributed by atoms with Crippen LogP contribution in [0.15, 0.2) is 18.2 Å². The molecule has 1 nitrogen and oxygen atoms in total. The van der Waals surface area contributed by atoms with Crippen LogP contribution in [0.1, 0.15) is 38.8 Å². The second kappa shape index (κ2) is 4.04. The highest BCUT2D eigenvalue weighted by Gasteiger charge is 2.14. The largest absolute Gasteiger partial charge is 0.494 e. The molecular weight excluding hydrogens is 172 g/mol. The third-order valence-electron chi connectivity index (χ3n) is 2.35. The summed E-state index contributed by atoms with van der Waals surface area (Å²) in [6, 6.07) is 6.46. The van der Waals surface area contributed by atoms with Crippen LogP contribution in [0.4, 0.5) is 0 Å². The quantitative estimate of drug-likeness (QED) is 0.694. The summed E-state index contributed by atoms with van der Waals surface area (Å²) in [6.45, 7) is 11.5. The fourth-order valence-corrected chi connectivity index (χ4v) is 1.38. The van der Waals surface area contributed by atoms with Gasteiger partial charge in [0.15, 0.2) is 0 Å². The van der Waals surface area contributed by atoms with Crippen molar-refractivity contribution in [2.45, 2.75) is 40.0 Å². The molecule has 0 atom stereocenters. The molecule has 0 spiro atoms. The number of hydrogen-bond donors (Lipinski definition) is 0. The van der Waals surface area contributed by atoms with E-state index in [1.165, 1.54) is 11.1 Å². The van der Waals surface area contributed by atoms with E-state index in [-0.39, 0.29) is 5.41 Å². The van der Waals surface area contributed by atoms with Gasteiger partial charge in [-0.1, -0.05) is 32.9 Å². The van der Waals surface area contributed by atoms with Gasteiger partial charge in [0.25, 0.3) is 0 Å². The van der Waals surface area contributed by atoms with E-state index in [0.29, 0.717) is 0 Å². The summed E-state index contributed by atoms with van der Waals surface area (Å²) < 4.78 is 5.57. The van der Waals surface area contributed by atoms with Gasteiger partial charge in [-0.15, -0.1) is 0 Å². The van der Waals surface area contributed by atoms with Crippen LogP contribution in [0.3, 0.4) is 0 Å². The molecule has 0 radical (unpaired) electrons. The van der Waals surface area contributed by atoms with E-state index >= 15 is 0 Å². The highest BCUT2D eigenvalue weighted by atomic mass is 16.5. The zero-order valence-electron chi connectivity index (χ0n) is 9.85. The van der Waals surface area contributed by atoms with Gasteiger partial charge in [0.1, 0.15) is 5.75 Å². The summed E-state index contributed by atoms with van der Waals surface area (Å²) in [6.07, 6.45) is 0. The molecule has 0 bridgehead atoms. The standard InChI is InChI=1S/C13H20O/c1-6-14-12-9-11(13(3,4)5)8-7-10(12)2/h7-9H,6H2,1-5H3. The topological polar surface area (TPSA) is 9.23 Å². The van der Waals surface area contributed by atoms with Gasteiger partial charge in [-0.2, -0.15) is 0 Å². The second-order valence-electron chi connectivity index (χ2n) is 4.66. The molecule has 1 rings (SSSR count). The van der Waals surface area contributed by atoms with Crippen molar-refractivity contribution >= 4 is 0 Å². The molecule has 0 aliphatic heterocycles. The summed E-state index contributed by atoms with van der Waals surface area (Å²) in [4.78, 5) is 0. The minimum absolute atomic E-state index is 0.194. The summed E-state index contributed by atoms with van der Waals surface area (Å²) in [7, 11) is 0. The average Bonchev–Trinajstić information content (AvgIpc) is 2.07. The molecule has 0 fully saturated rings. The predicted molar refractivity (Wildman–Crippen MR) is 61.0 cm³/mol. The first-order valence-corrected chi connectivity index (χ1v) is 5.19. The lowest BCUT2D eigenvalue weighted by Crippen LogP contribution is -2.11. The molecule has 1 heteroatoms. The molecule has 0 saturated carbocycles. The summed E-state index contributed by atoms with van der Waals surface area (Å²) >= 11 is 0. The monoisotopic (exact) mass is 192 g/mol. The van der Waals surface area contributed by atoms with Crippen molar-refractivity contribution < 1.29 is 4.74 Å². The van der Waals surface area contributed by atoms with Crippen molar-refractivity contribution in [2.24, 2.45) is 0 Å². The Kier molecular flexibility index (Phi) is 3.20. The van der Waals surface area contributed by atoms with Gasteiger partial charge in [-0.05, 0) is 36.5 Å². The van der Waals surface area contributed by atoms with Gasteiger partial charge in [0.2, 0.25) is 0 Å². The normalized spacial score (nSPS) is 11.5. The fraction of sp³-hybridized carbons (Fsp3) is 0.538. The number of ether oxygens (including phenoxy) is 1. The summed E-state index contributed by atoms with van der Waals surface area (Å²) in [5.41, 5.74) is 2.73. The van der Waals surface area contributed by atoms with Crippen LogP contribution < -0.4 is 4.74 Å². The van der Waals surface area contributed by atoms with Crippen LogP contribution in [0.25, 0.3) is 0 Å². The molecule has 0 aliphatic carbocycles. The Balaban J connectivity index is 3.06. The first kappa shape index (κ1) is 11.1. The minimum atomic E-state index is 0.194. The van der Waals surface area contributed by atoms with E-state index in [1.54, 1.807) is 0 Å². The van der Waals surface area contributed by atoms with Crippen molar-refractivity contribution in [3.63, 3.8) is 0 Å². The Morgan fingerprint density at radius 3 is 2.36 bits per heavy atom. The second-order valence-corrected chi connectivity index (χ2v) is 4.66. The molecule has 14 heavy (non-hydrogen) atoms. The van der Waals surface area contributed by atoms with Crippen molar-refractivity contribution in [1.29, 1.82) is 0 Å². The van der Waals surface area contributed by atoms with E-state index in [0.717, 1.165) is 12.4 Å². The maximum Gasteiger partial charge on any atom is 0.122 e. The highest BCUT2D eigenvalue weighted by Crippen LogP contribution is 2.28. The van der Waals surface area contributed by atoms with Gasteiger partial charge in [0.05, 0.1) is 6.61 Å². The Morgan fingerprint density at radius 2 is 1.86 bits per heavy atom. The Bertz CT molecular complexity index is 308. The molecule has 0 saturated heterocycles. The van der Waals surface area contributed by atoms with E-state index in [1.807, 2.05) is 6.92 Å². The van der Waals surface area contributed by atoms with Crippen molar-refractivity contribution in [3.05, 3.63) is 29.3 Å². The van der Waals surface area contributed by atoms with Crippen LogP contribution in [0.2, 0.25) is 0 Å². The highest BCUT2D eigenvalue weighted by molar-refractivity contribution is 5.39. The Morgan fingerprint density at radius 1 is 1.21 bits per heavy atom. The molecule has 0 unspecified atom stereocenters. The number of benzene rings is 1. The third-order valence-corrected chi connectivity index (χ3v) is 2.35. The third kappa shape index (κ3) is 2.50. The molecule has 1 aromatic rings. The fourth-order valence-electron chi connectivity index (χ4n) is 1.38. The van der Waals surface area contributed by atoms with Crippen LogP contribution in [-0.2, 0) is 5.41 Å². The molecule has 1 aromatic carbocycles. The maximum atomic E-state index is 5.57. The van der Waals surface area contributed by atoms with Gasteiger partial charge in [-0.25, -0.2) is 0 Å². The van der Waals surface area contributed by atoms with Crippen LogP contribution in [-0.4, -0.2) is 6.61 Å². The van der Waals surface area contributed by atoms with E-state index < -0.39 is 0 Å². The lowest BCUT2D eigenvalue weighted by Gasteiger charge is -2.20. The molecule has 0 N–H and O–H groups in total. The first-order valence-electron chi connectivity index (χ1n) is 5.19. The van der Waals surface area contributed by atoms with Gasteiger partial charge >= 0.3 is 0 Å². The molecule has 0 amide bonds. The lowest BCUT2D eigenvalue weighted by atomic mass is 9.86. The van der Waals surface area contributed by atoms with E-state index in [9.17, 15) is 0 Å². The Labute approximate surface area is 87.1 Å². The molecule has 78 valence electrons. The van der Waals surface area contributed by atoms with Gasteiger partial charge < -0.3 is 4.74 Å². The van der Waals surface area contributed by atoms with Crippen LogP contribution in [0.5, 0.6) is 5.75 Å².